The van der Waals surface area contributed by atoms with Gasteiger partial charge in [-0.1, -0.05) is 13.3 Å². The van der Waals surface area contributed by atoms with Gasteiger partial charge in [0.15, 0.2) is 0 Å². The van der Waals surface area contributed by atoms with E-state index in [-0.39, 0.29) is 17.1 Å². The Morgan fingerprint density at radius 2 is 2.23 bits per heavy atom. The fourth-order valence-electron chi connectivity index (χ4n) is 0.498. The Kier molecular flexibility index (Phi) is 15.5. The summed E-state index contributed by atoms with van der Waals surface area (Å²) in [6, 6.07) is 0. The first-order chi connectivity index (χ1) is 5.81. The largest absolute Gasteiger partial charge is 0.335 e. The molecule has 1 radical (unpaired) electrons. The second-order valence-electron chi connectivity index (χ2n) is 2.24. The van der Waals surface area contributed by atoms with E-state index in [0.717, 1.165) is 12.8 Å². The van der Waals surface area contributed by atoms with Crippen molar-refractivity contribution in [3.63, 3.8) is 0 Å². The smallest absolute Gasteiger partial charge is 0.329 e. The monoisotopic (exact) mass is 259 g/mol. The SMILES string of the molecule is CCCCO[PH](=O)ONCCN.[Cu]. The van der Waals surface area contributed by atoms with Crippen molar-refractivity contribution in [3.8, 4) is 0 Å². The van der Waals surface area contributed by atoms with E-state index in [4.69, 9.17) is 10.3 Å². The molecule has 0 rings (SSSR count). The summed E-state index contributed by atoms with van der Waals surface area (Å²) in [5, 5.41) is 0. The standard InChI is InChI=1S/C6H17N2O3P.Cu/c1-2-3-6-10-12(9)11-8-5-4-7;/h8,12H,2-7H2,1H3;. The van der Waals surface area contributed by atoms with Crippen molar-refractivity contribution in [1.29, 1.82) is 0 Å². The Bertz CT molecular complexity index is 116. The van der Waals surface area contributed by atoms with Crippen LogP contribution in [0.2, 0.25) is 0 Å². The second-order valence-corrected chi connectivity index (χ2v) is 3.23. The van der Waals surface area contributed by atoms with Crippen LogP contribution in [0.5, 0.6) is 0 Å². The van der Waals surface area contributed by atoms with E-state index in [1.54, 1.807) is 0 Å². The molecular weight excluding hydrogens is 243 g/mol. The van der Waals surface area contributed by atoms with Crippen molar-refractivity contribution in [1.82, 2.24) is 5.48 Å². The van der Waals surface area contributed by atoms with E-state index in [2.05, 4.69) is 10.1 Å². The molecule has 5 nitrogen and oxygen atoms in total. The first-order valence-corrected chi connectivity index (χ1v) is 5.30. The minimum Gasteiger partial charge on any atom is -0.329 e. The van der Waals surface area contributed by atoms with Gasteiger partial charge in [0.25, 0.3) is 0 Å². The zero-order valence-corrected chi connectivity index (χ0v) is 9.58. The molecule has 1 atom stereocenters. The number of rotatable bonds is 8. The van der Waals surface area contributed by atoms with Crippen LogP contribution in [0.4, 0.5) is 0 Å². The van der Waals surface area contributed by atoms with E-state index in [9.17, 15) is 4.57 Å². The Morgan fingerprint density at radius 1 is 1.54 bits per heavy atom. The van der Waals surface area contributed by atoms with Crippen LogP contribution in [0.15, 0.2) is 0 Å². The molecule has 0 amide bonds. The summed E-state index contributed by atoms with van der Waals surface area (Å²) in [5.74, 6) is 0. The van der Waals surface area contributed by atoms with Crippen molar-refractivity contribution >= 4 is 8.25 Å². The molecule has 3 N–H and O–H groups in total. The zero-order valence-electron chi connectivity index (χ0n) is 7.64. The number of hydrogen-bond acceptors (Lipinski definition) is 5. The van der Waals surface area contributed by atoms with Crippen LogP contribution < -0.4 is 11.2 Å². The molecule has 0 aliphatic carbocycles. The van der Waals surface area contributed by atoms with Crippen LogP contribution >= 0.6 is 8.25 Å². The summed E-state index contributed by atoms with van der Waals surface area (Å²) in [6.07, 6.45) is 1.92. The second kappa shape index (κ2) is 12.6. The summed E-state index contributed by atoms with van der Waals surface area (Å²) in [4.78, 5) is 0. The number of nitrogens with two attached hydrogens (primary N) is 1. The number of unbranched alkanes of at least 4 members (excludes halogenated alkanes) is 1. The van der Waals surface area contributed by atoms with Crippen molar-refractivity contribution in [3.05, 3.63) is 0 Å². The predicted molar refractivity (Wildman–Crippen MR) is 48.0 cm³/mol. The van der Waals surface area contributed by atoms with Crippen molar-refractivity contribution < 1.29 is 30.8 Å². The normalized spacial score (nSPS) is 12.2. The molecule has 0 spiro atoms. The van der Waals surface area contributed by atoms with Gasteiger partial charge in [-0.25, -0.2) is 4.62 Å². The van der Waals surface area contributed by atoms with Gasteiger partial charge in [-0.15, -0.1) is 0 Å². The molecule has 0 bridgehead atoms. The molecule has 0 aromatic rings. The summed E-state index contributed by atoms with van der Waals surface area (Å²) >= 11 is 0. The van der Waals surface area contributed by atoms with Crippen molar-refractivity contribution in [2.75, 3.05) is 19.7 Å². The van der Waals surface area contributed by atoms with Gasteiger partial charge in [-0.2, -0.15) is 5.48 Å². The fraction of sp³-hybridized carbons (Fsp3) is 1.00. The van der Waals surface area contributed by atoms with E-state index in [0.29, 0.717) is 19.7 Å². The third kappa shape index (κ3) is 12.6. The van der Waals surface area contributed by atoms with Gasteiger partial charge in [-0.3, -0.25) is 4.57 Å². The number of hydroxylamine groups is 1. The first-order valence-electron chi connectivity index (χ1n) is 4.07. The summed E-state index contributed by atoms with van der Waals surface area (Å²) < 4.78 is 20.3. The average Bonchev–Trinajstić information content (AvgIpc) is 2.06. The minimum absolute atomic E-state index is 0. The van der Waals surface area contributed by atoms with Crippen LogP contribution in [-0.2, 0) is 30.8 Å². The van der Waals surface area contributed by atoms with Gasteiger partial charge in [0.2, 0.25) is 0 Å². The van der Waals surface area contributed by atoms with Gasteiger partial charge in [0.05, 0.1) is 6.61 Å². The molecule has 7 heteroatoms. The summed E-state index contributed by atoms with van der Waals surface area (Å²) in [7, 11) is -2.35. The summed E-state index contributed by atoms with van der Waals surface area (Å²) in [6.45, 7) is 3.45. The molecule has 0 aromatic carbocycles. The minimum atomic E-state index is -2.35. The molecule has 0 saturated heterocycles. The molecule has 0 heterocycles. The van der Waals surface area contributed by atoms with Crippen LogP contribution in [-0.4, -0.2) is 19.7 Å². The molecule has 0 saturated carbocycles. The third-order valence-electron chi connectivity index (χ3n) is 1.12. The Hall–Kier alpha value is 0.589. The summed E-state index contributed by atoms with van der Waals surface area (Å²) in [5.41, 5.74) is 7.61. The molecule has 1 unspecified atom stereocenters. The van der Waals surface area contributed by atoms with E-state index < -0.39 is 8.25 Å². The zero-order chi connectivity index (χ0) is 9.23. The van der Waals surface area contributed by atoms with E-state index in [1.807, 2.05) is 6.92 Å². The van der Waals surface area contributed by atoms with E-state index in [1.165, 1.54) is 0 Å². The van der Waals surface area contributed by atoms with Crippen LogP contribution in [0, 0.1) is 0 Å². The average molecular weight is 260 g/mol. The van der Waals surface area contributed by atoms with Gasteiger partial charge in [-0.05, 0) is 6.42 Å². The van der Waals surface area contributed by atoms with Crippen LogP contribution in [0.1, 0.15) is 19.8 Å². The Balaban J connectivity index is 0. The molecule has 13 heavy (non-hydrogen) atoms. The third-order valence-corrected chi connectivity index (χ3v) is 1.87. The molecule has 85 valence electrons. The maximum atomic E-state index is 10.8. The van der Waals surface area contributed by atoms with Crippen molar-refractivity contribution in [2.45, 2.75) is 19.8 Å². The van der Waals surface area contributed by atoms with Crippen molar-refractivity contribution in [2.24, 2.45) is 5.73 Å². The van der Waals surface area contributed by atoms with Gasteiger partial charge in [0.1, 0.15) is 0 Å². The molecule has 0 aromatic heterocycles. The number of hydrogen-bond donors (Lipinski definition) is 2. The molecule has 0 aliphatic rings. The van der Waals surface area contributed by atoms with Gasteiger partial charge in [0, 0.05) is 30.2 Å². The molecule has 0 fully saturated rings. The van der Waals surface area contributed by atoms with Gasteiger partial charge < -0.3 is 10.3 Å². The fourth-order valence-corrected chi connectivity index (χ4v) is 1.09. The maximum Gasteiger partial charge on any atom is 0.335 e. The van der Waals surface area contributed by atoms with Crippen LogP contribution in [0.25, 0.3) is 0 Å². The predicted octanol–water partition coefficient (Wildman–Crippen LogP) is 0.670. The van der Waals surface area contributed by atoms with E-state index >= 15 is 0 Å². The Morgan fingerprint density at radius 3 is 2.77 bits per heavy atom. The molecule has 0 aliphatic heterocycles. The first kappa shape index (κ1) is 16.0. The quantitative estimate of drug-likeness (QED) is 0.290. The molecular formula is C6H17CuN2O3P. The number of nitrogens with one attached hydrogen (secondary N) is 1. The maximum absolute atomic E-state index is 10.8. The topological polar surface area (TPSA) is 73.6 Å². The van der Waals surface area contributed by atoms with Crippen LogP contribution in [0.3, 0.4) is 0 Å². The Labute approximate surface area is 90.1 Å². The van der Waals surface area contributed by atoms with Gasteiger partial charge >= 0.3 is 8.25 Å².